The number of ether oxygens (including phenoxy) is 1. The Labute approximate surface area is 122 Å². The fraction of sp³-hybridized carbons (Fsp3) is 0.562. The smallest absolute Gasteiger partial charge is 0.246 e. The summed E-state index contributed by atoms with van der Waals surface area (Å²) in [5.74, 6) is -0.0837. The van der Waals surface area contributed by atoms with Crippen LogP contribution in [0.15, 0.2) is 24.3 Å². The second-order valence-electron chi connectivity index (χ2n) is 6.18. The summed E-state index contributed by atoms with van der Waals surface area (Å²) in [5, 5.41) is 2.90. The average molecular weight is 278 g/mol. The van der Waals surface area contributed by atoms with Gasteiger partial charge in [-0.1, -0.05) is 24.3 Å². The van der Waals surface area contributed by atoms with Gasteiger partial charge in [-0.25, -0.2) is 0 Å². The maximum Gasteiger partial charge on any atom is 0.246 e. The lowest BCUT2D eigenvalue weighted by Crippen LogP contribution is -2.32. The predicted octanol–water partition coefficient (Wildman–Crippen LogP) is 2.18. The fourth-order valence-corrected chi connectivity index (χ4v) is 1.75. The van der Waals surface area contributed by atoms with Crippen molar-refractivity contribution in [3.8, 4) is 0 Å². The first-order valence-electron chi connectivity index (χ1n) is 6.90. The molecule has 0 bridgehead atoms. The van der Waals surface area contributed by atoms with Crippen LogP contribution in [0.1, 0.15) is 31.9 Å². The van der Waals surface area contributed by atoms with Crippen LogP contribution in [0, 0.1) is 0 Å². The molecule has 0 unspecified atom stereocenters. The van der Waals surface area contributed by atoms with Gasteiger partial charge in [-0.05, 0) is 46.0 Å². The third kappa shape index (κ3) is 6.68. The van der Waals surface area contributed by atoms with Gasteiger partial charge in [0.1, 0.15) is 6.61 Å². The number of benzene rings is 1. The van der Waals surface area contributed by atoms with Gasteiger partial charge in [0, 0.05) is 13.1 Å². The lowest BCUT2D eigenvalue weighted by molar-refractivity contribution is -0.130. The van der Waals surface area contributed by atoms with Crippen molar-refractivity contribution in [1.82, 2.24) is 10.2 Å². The molecule has 0 spiro atoms. The molecule has 0 atom stereocenters. The van der Waals surface area contributed by atoms with Crippen molar-refractivity contribution >= 4 is 5.91 Å². The molecule has 1 aromatic carbocycles. The summed E-state index contributed by atoms with van der Waals surface area (Å²) >= 11 is 0. The Balaban J connectivity index is 2.51. The van der Waals surface area contributed by atoms with Crippen LogP contribution in [0.25, 0.3) is 0 Å². The SMILES string of the molecule is CN(C)Cc1ccccc1CNC(=O)COC(C)(C)C. The molecule has 1 N–H and O–H groups in total. The van der Waals surface area contributed by atoms with Crippen LogP contribution in [0.4, 0.5) is 0 Å². The van der Waals surface area contributed by atoms with Gasteiger partial charge in [-0.3, -0.25) is 4.79 Å². The van der Waals surface area contributed by atoms with E-state index in [-0.39, 0.29) is 18.1 Å². The van der Waals surface area contributed by atoms with E-state index in [1.807, 2.05) is 53.1 Å². The van der Waals surface area contributed by atoms with Crippen LogP contribution >= 0.6 is 0 Å². The van der Waals surface area contributed by atoms with Gasteiger partial charge in [-0.15, -0.1) is 0 Å². The third-order valence-corrected chi connectivity index (χ3v) is 2.72. The molecule has 1 amide bonds. The van der Waals surface area contributed by atoms with E-state index in [2.05, 4.69) is 16.3 Å². The van der Waals surface area contributed by atoms with Gasteiger partial charge in [0.2, 0.25) is 5.91 Å². The Hall–Kier alpha value is -1.39. The van der Waals surface area contributed by atoms with Gasteiger partial charge in [0.25, 0.3) is 0 Å². The zero-order valence-corrected chi connectivity index (χ0v) is 13.2. The molecule has 1 rings (SSSR count). The number of carbonyl (C=O) groups excluding carboxylic acids is 1. The number of hydrogen-bond acceptors (Lipinski definition) is 3. The molecular weight excluding hydrogens is 252 g/mol. The van der Waals surface area contributed by atoms with Gasteiger partial charge in [0.15, 0.2) is 0 Å². The molecule has 0 aliphatic rings. The van der Waals surface area contributed by atoms with Crippen LogP contribution in [-0.4, -0.2) is 37.1 Å². The molecule has 0 aliphatic carbocycles. The standard InChI is InChI=1S/C16H26N2O2/c1-16(2,3)20-12-15(19)17-10-13-8-6-7-9-14(13)11-18(4)5/h6-9H,10-12H2,1-5H3,(H,17,19). The molecule has 0 saturated heterocycles. The summed E-state index contributed by atoms with van der Waals surface area (Å²) in [6.45, 7) is 7.31. The zero-order valence-electron chi connectivity index (χ0n) is 13.2. The van der Waals surface area contributed by atoms with Crippen molar-refractivity contribution in [1.29, 1.82) is 0 Å². The molecule has 4 nitrogen and oxygen atoms in total. The van der Waals surface area contributed by atoms with Crippen LogP contribution < -0.4 is 5.32 Å². The topological polar surface area (TPSA) is 41.6 Å². The zero-order chi connectivity index (χ0) is 15.2. The molecule has 0 aliphatic heterocycles. The highest BCUT2D eigenvalue weighted by atomic mass is 16.5. The lowest BCUT2D eigenvalue weighted by Gasteiger charge is -2.19. The summed E-state index contributed by atoms with van der Waals surface area (Å²) in [5.41, 5.74) is 2.08. The predicted molar refractivity (Wildman–Crippen MR) is 81.4 cm³/mol. The van der Waals surface area contributed by atoms with Crippen molar-refractivity contribution in [2.24, 2.45) is 0 Å². The number of carbonyl (C=O) groups is 1. The van der Waals surface area contributed by atoms with Crippen molar-refractivity contribution in [3.63, 3.8) is 0 Å². The first-order chi connectivity index (χ1) is 9.28. The minimum atomic E-state index is -0.291. The van der Waals surface area contributed by atoms with Crippen molar-refractivity contribution in [2.45, 2.75) is 39.5 Å². The van der Waals surface area contributed by atoms with Crippen LogP contribution in [0.5, 0.6) is 0 Å². The van der Waals surface area contributed by atoms with E-state index in [9.17, 15) is 4.79 Å². The second kappa shape index (κ2) is 7.41. The molecule has 112 valence electrons. The minimum absolute atomic E-state index is 0.0837. The Bertz CT molecular complexity index is 436. The van der Waals surface area contributed by atoms with Crippen molar-refractivity contribution in [2.75, 3.05) is 20.7 Å². The molecule has 0 fully saturated rings. The highest BCUT2D eigenvalue weighted by Crippen LogP contribution is 2.10. The number of hydrogen-bond donors (Lipinski definition) is 1. The molecule has 0 aromatic heterocycles. The van der Waals surface area contributed by atoms with E-state index in [1.165, 1.54) is 5.56 Å². The van der Waals surface area contributed by atoms with Crippen LogP contribution in [0.2, 0.25) is 0 Å². The van der Waals surface area contributed by atoms with Gasteiger partial charge in [-0.2, -0.15) is 0 Å². The van der Waals surface area contributed by atoms with E-state index >= 15 is 0 Å². The summed E-state index contributed by atoms with van der Waals surface area (Å²) in [7, 11) is 4.07. The number of amides is 1. The molecule has 0 saturated carbocycles. The molecule has 4 heteroatoms. The Morgan fingerprint density at radius 3 is 2.35 bits per heavy atom. The second-order valence-corrected chi connectivity index (χ2v) is 6.18. The van der Waals surface area contributed by atoms with E-state index < -0.39 is 0 Å². The van der Waals surface area contributed by atoms with E-state index in [0.717, 1.165) is 12.1 Å². The minimum Gasteiger partial charge on any atom is -0.366 e. The highest BCUT2D eigenvalue weighted by molar-refractivity contribution is 5.77. The normalized spacial score (nSPS) is 11.7. The third-order valence-electron chi connectivity index (χ3n) is 2.72. The first-order valence-corrected chi connectivity index (χ1v) is 6.90. The molecule has 0 heterocycles. The Kier molecular flexibility index (Phi) is 6.17. The lowest BCUT2D eigenvalue weighted by atomic mass is 10.1. The molecular formula is C16H26N2O2. The summed E-state index contributed by atoms with van der Waals surface area (Å²) in [6, 6.07) is 8.15. The van der Waals surface area contributed by atoms with Gasteiger partial charge >= 0.3 is 0 Å². The van der Waals surface area contributed by atoms with Crippen molar-refractivity contribution in [3.05, 3.63) is 35.4 Å². The monoisotopic (exact) mass is 278 g/mol. The molecule has 0 radical (unpaired) electrons. The van der Waals surface area contributed by atoms with E-state index in [0.29, 0.717) is 6.54 Å². The highest BCUT2D eigenvalue weighted by Gasteiger charge is 2.13. The van der Waals surface area contributed by atoms with E-state index in [1.54, 1.807) is 0 Å². The molecule has 1 aromatic rings. The maximum absolute atomic E-state index is 11.8. The van der Waals surface area contributed by atoms with E-state index in [4.69, 9.17) is 4.74 Å². The Morgan fingerprint density at radius 2 is 1.80 bits per heavy atom. The van der Waals surface area contributed by atoms with Crippen LogP contribution in [-0.2, 0) is 22.6 Å². The van der Waals surface area contributed by atoms with Crippen LogP contribution in [0.3, 0.4) is 0 Å². The first kappa shape index (κ1) is 16.7. The number of nitrogens with one attached hydrogen (secondary N) is 1. The van der Waals surface area contributed by atoms with Gasteiger partial charge < -0.3 is 15.0 Å². The number of nitrogens with zero attached hydrogens (tertiary/aromatic N) is 1. The summed E-state index contributed by atoms with van der Waals surface area (Å²) in [4.78, 5) is 13.9. The largest absolute Gasteiger partial charge is 0.366 e. The Morgan fingerprint density at radius 1 is 1.20 bits per heavy atom. The summed E-state index contributed by atoms with van der Waals surface area (Å²) in [6.07, 6.45) is 0. The fourth-order valence-electron chi connectivity index (χ4n) is 1.75. The number of rotatable bonds is 6. The molecule has 20 heavy (non-hydrogen) atoms. The van der Waals surface area contributed by atoms with Gasteiger partial charge in [0.05, 0.1) is 5.60 Å². The quantitative estimate of drug-likeness (QED) is 0.867. The summed E-state index contributed by atoms with van der Waals surface area (Å²) < 4.78 is 5.45. The maximum atomic E-state index is 11.8. The average Bonchev–Trinajstić information content (AvgIpc) is 2.34. The van der Waals surface area contributed by atoms with Crippen molar-refractivity contribution < 1.29 is 9.53 Å².